The normalized spacial score (nSPS) is 12.7. The molecule has 0 saturated carbocycles. The largest absolute Gasteiger partial charge is 0.491 e. The first-order valence-electron chi connectivity index (χ1n) is 15.9. The van der Waals surface area contributed by atoms with E-state index >= 15 is 0 Å². The van der Waals surface area contributed by atoms with Crippen molar-refractivity contribution in [1.82, 2.24) is 0 Å². The molecule has 48 heavy (non-hydrogen) atoms. The van der Waals surface area contributed by atoms with Crippen LogP contribution >= 0.6 is 11.8 Å². The lowest BCUT2D eigenvalue weighted by atomic mass is 10.1. The molecule has 0 saturated heterocycles. The van der Waals surface area contributed by atoms with Crippen molar-refractivity contribution >= 4 is 40.9 Å². The molecule has 0 unspecified atom stereocenters. The fourth-order valence-electron chi connectivity index (χ4n) is 4.87. The third-order valence-electron chi connectivity index (χ3n) is 7.32. The lowest BCUT2D eigenvalue weighted by Crippen LogP contribution is -2.13. The number of rotatable bonds is 18. The van der Waals surface area contributed by atoms with E-state index in [9.17, 15) is 9.59 Å². The number of aryl methyl sites for hydroxylation is 1. The van der Waals surface area contributed by atoms with Crippen LogP contribution in [-0.2, 0) is 31.8 Å². The number of ether oxygens (including phenoxy) is 4. The molecular formula is C37H47N3O7S. The summed E-state index contributed by atoms with van der Waals surface area (Å²) >= 11 is 1.18. The van der Waals surface area contributed by atoms with E-state index in [0.29, 0.717) is 57.7 Å². The third-order valence-corrected chi connectivity index (χ3v) is 8.19. The van der Waals surface area contributed by atoms with Crippen LogP contribution < -0.4 is 15.4 Å². The number of carbonyl (C=O) groups is 2. The summed E-state index contributed by atoms with van der Waals surface area (Å²) in [4.78, 5) is 30.6. The van der Waals surface area contributed by atoms with Gasteiger partial charge in [-0.25, -0.2) is 4.99 Å². The minimum Gasteiger partial charge on any atom is -0.491 e. The fourth-order valence-corrected chi connectivity index (χ4v) is 5.72. The molecule has 0 radical (unpaired) electrons. The van der Waals surface area contributed by atoms with Gasteiger partial charge in [-0.1, -0.05) is 54.2 Å². The molecule has 0 atom stereocenters. The van der Waals surface area contributed by atoms with E-state index in [1.165, 1.54) is 29.4 Å². The summed E-state index contributed by atoms with van der Waals surface area (Å²) in [6.07, 6.45) is 3.40. The predicted octanol–water partition coefficient (Wildman–Crippen LogP) is 5.09. The second-order valence-electron chi connectivity index (χ2n) is 10.9. The number of aliphatic hydroxyl groups excluding tert-OH is 1. The van der Waals surface area contributed by atoms with Gasteiger partial charge in [-0.15, -0.1) is 0 Å². The van der Waals surface area contributed by atoms with E-state index in [4.69, 9.17) is 29.8 Å². The number of fused-ring (bicyclic) bond motifs is 1. The minimum absolute atomic E-state index is 0.0122. The smallest absolute Gasteiger partial charge is 0.197 e. The van der Waals surface area contributed by atoms with Crippen LogP contribution in [-0.4, -0.2) is 89.3 Å². The van der Waals surface area contributed by atoms with Gasteiger partial charge in [-0.05, 0) is 61.2 Å². The Morgan fingerprint density at radius 3 is 2.33 bits per heavy atom. The number of aldehydes is 1. The van der Waals surface area contributed by atoms with E-state index in [2.05, 4.69) is 29.1 Å². The average Bonchev–Trinajstić information content (AvgIpc) is 3.46. The molecule has 0 amide bonds. The zero-order valence-electron chi connectivity index (χ0n) is 28.1. The van der Waals surface area contributed by atoms with E-state index < -0.39 is 0 Å². The van der Waals surface area contributed by atoms with Crippen molar-refractivity contribution in [1.29, 1.82) is 0 Å². The second-order valence-corrected chi connectivity index (χ2v) is 12.2. The summed E-state index contributed by atoms with van der Waals surface area (Å²) in [6, 6.07) is 21.3. The lowest BCUT2D eigenvalue weighted by molar-refractivity contribution is -0.110. The number of aliphatic hydroxyl groups is 1. The van der Waals surface area contributed by atoms with Crippen LogP contribution in [0, 0.1) is 6.92 Å². The summed E-state index contributed by atoms with van der Waals surface area (Å²) in [5, 5.41) is 8.65. The van der Waals surface area contributed by atoms with Crippen LogP contribution in [0.25, 0.3) is 5.70 Å². The molecule has 0 aromatic heterocycles. The molecule has 10 nitrogen and oxygen atoms in total. The van der Waals surface area contributed by atoms with Crippen molar-refractivity contribution in [3.63, 3.8) is 0 Å². The number of thioether (sulfide) groups is 1. The number of hydrogen-bond acceptors (Lipinski definition) is 10. The van der Waals surface area contributed by atoms with E-state index in [-0.39, 0.29) is 18.1 Å². The summed E-state index contributed by atoms with van der Waals surface area (Å²) in [5.74, 6) is 0.690. The first-order chi connectivity index (χ1) is 23.4. The van der Waals surface area contributed by atoms with Crippen molar-refractivity contribution in [2.75, 3.05) is 71.3 Å². The molecule has 1 aliphatic rings. The van der Waals surface area contributed by atoms with Crippen LogP contribution in [0.1, 0.15) is 39.5 Å². The predicted molar refractivity (Wildman–Crippen MR) is 193 cm³/mol. The van der Waals surface area contributed by atoms with Crippen molar-refractivity contribution in [2.24, 2.45) is 10.7 Å². The maximum absolute atomic E-state index is 12.9. The van der Waals surface area contributed by atoms with Crippen LogP contribution in [0.15, 0.2) is 76.6 Å². The highest BCUT2D eigenvalue weighted by Gasteiger charge is 2.18. The van der Waals surface area contributed by atoms with Gasteiger partial charge in [0.1, 0.15) is 18.6 Å². The Bertz CT molecular complexity index is 1510. The topological polar surface area (TPSA) is 133 Å². The van der Waals surface area contributed by atoms with E-state index in [1.54, 1.807) is 0 Å². The molecule has 0 spiro atoms. The maximum atomic E-state index is 12.9. The molecule has 258 valence electrons. The molecule has 3 aromatic carbocycles. The molecule has 11 heteroatoms. The molecule has 1 heterocycles. The minimum atomic E-state index is 0.0122. The van der Waals surface area contributed by atoms with Gasteiger partial charge in [0, 0.05) is 41.7 Å². The van der Waals surface area contributed by atoms with Gasteiger partial charge in [-0.3, -0.25) is 9.59 Å². The molecule has 4 rings (SSSR count). The molecule has 3 aromatic rings. The highest BCUT2D eigenvalue weighted by Crippen LogP contribution is 2.34. The van der Waals surface area contributed by atoms with E-state index in [1.807, 2.05) is 68.4 Å². The average molecular weight is 678 g/mol. The summed E-state index contributed by atoms with van der Waals surface area (Å²) in [5.41, 5.74) is 12.5. The second kappa shape index (κ2) is 21.8. The van der Waals surface area contributed by atoms with Gasteiger partial charge in [0.15, 0.2) is 5.12 Å². The van der Waals surface area contributed by atoms with Crippen LogP contribution in [0.5, 0.6) is 5.75 Å². The van der Waals surface area contributed by atoms with Crippen molar-refractivity contribution in [2.45, 2.75) is 26.7 Å². The Labute approximate surface area is 287 Å². The number of aliphatic imine (C=N–C) groups is 1. The highest BCUT2D eigenvalue weighted by atomic mass is 32.2. The summed E-state index contributed by atoms with van der Waals surface area (Å²) in [7, 11) is 2.09. The van der Waals surface area contributed by atoms with Crippen LogP contribution in [0.3, 0.4) is 0 Å². The molecular weight excluding hydrogens is 630 g/mol. The Morgan fingerprint density at radius 1 is 0.958 bits per heavy atom. The van der Waals surface area contributed by atoms with Gasteiger partial charge < -0.3 is 34.7 Å². The SMILES string of the molecule is C/C(SC(=O)Cc1cccc(OCCOCCOCCOCCO)c1)=C(/N=CN)c1ccc2c(c1)CCN2C.Cc1ccccc1C=O. The van der Waals surface area contributed by atoms with Crippen molar-refractivity contribution < 1.29 is 33.6 Å². The van der Waals surface area contributed by atoms with Gasteiger partial charge in [-0.2, -0.15) is 0 Å². The Hall–Kier alpha value is -4.00. The number of hydrogen-bond donors (Lipinski definition) is 2. The highest BCUT2D eigenvalue weighted by molar-refractivity contribution is 8.17. The zero-order valence-corrected chi connectivity index (χ0v) is 28.9. The van der Waals surface area contributed by atoms with E-state index in [0.717, 1.165) is 46.4 Å². The monoisotopic (exact) mass is 677 g/mol. The number of nitrogens with zero attached hydrogens (tertiary/aromatic N) is 2. The molecule has 3 N–H and O–H groups in total. The molecule has 0 fully saturated rings. The number of nitrogens with two attached hydrogens (primary N) is 1. The Balaban J connectivity index is 0.000000598. The van der Waals surface area contributed by atoms with Crippen molar-refractivity contribution in [3.05, 3.63) is 99.5 Å². The molecule has 0 bridgehead atoms. The van der Waals surface area contributed by atoms with Gasteiger partial charge in [0.05, 0.1) is 58.3 Å². The van der Waals surface area contributed by atoms with Crippen molar-refractivity contribution in [3.8, 4) is 5.75 Å². The standard InChI is InChI=1S/C29H39N3O6S.C8H8O/c1-22(29(31-21-30)25-6-7-27-24(20-25)8-9-32(27)2)39-28(34)19-23-4-3-5-26(18-23)38-17-16-37-15-14-36-13-12-35-11-10-33;1-7-4-2-3-5-8(7)6-9/h3-7,18,20-21,33H,8-17,19H2,1-2H3,(H2,30,31);2-6H,1H3/b29-22-;. The summed E-state index contributed by atoms with van der Waals surface area (Å²) in [6.45, 7) is 7.82. The van der Waals surface area contributed by atoms with Gasteiger partial charge in [0.25, 0.3) is 0 Å². The fraction of sp³-hybridized carbons (Fsp3) is 0.378. The third kappa shape index (κ3) is 13.2. The molecule has 1 aliphatic heterocycles. The van der Waals surface area contributed by atoms with Gasteiger partial charge in [0.2, 0.25) is 0 Å². The quantitative estimate of drug-likeness (QED) is 0.0813. The summed E-state index contributed by atoms with van der Waals surface area (Å²) < 4.78 is 21.8. The zero-order chi connectivity index (χ0) is 34.6. The Morgan fingerprint density at radius 2 is 1.67 bits per heavy atom. The number of likely N-dealkylation sites (N-methyl/N-ethyl adjacent to an activating group) is 1. The lowest BCUT2D eigenvalue weighted by Gasteiger charge is -2.13. The number of anilines is 1. The van der Waals surface area contributed by atoms with Crippen LogP contribution in [0.4, 0.5) is 5.69 Å². The number of carbonyl (C=O) groups excluding carboxylic acids is 2. The number of benzene rings is 3. The Kier molecular flexibility index (Phi) is 17.5. The first-order valence-corrected chi connectivity index (χ1v) is 16.7. The van der Waals surface area contributed by atoms with Crippen LogP contribution in [0.2, 0.25) is 0 Å². The van der Waals surface area contributed by atoms with Gasteiger partial charge >= 0.3 is 0 Å². The maximum Gasteiger partial charge on any atom is 0.197 e. The first kappa shape index (κ1) is 38.4. The molecule has 0 aliphatic carbocycles. The number of allylic oxidation sites excluding steroid dienone is 1.